The molecule has 3 aromatic rings. The summed E-state index contributed by atoms with van der Waals surface area (Å²) in [5.74, 6) is 5.70. The van der Waals surface area contributed by atoms with E-state index in [0.717, 1.165) is 22.3 Å². The Morgan fingerprint density at radius 1 is 0.696 bits per heavy atom. The number of nitrogens with zero attached hydrogens (tertiary/aromatic N) is 1. The molecule has 2 heteroatoms. The number of hydrogen-bond acceptors (Lipinski definition) is 1. The molecular weight excluding hydrogens is 285 g/mol. The van der Waals surface area contributed by atoms with Crippen LogP contribution in [0.4, 0.5) is 4.39 Å². The van der Waals surface area contributed by atoms with E-state index >= 15 is 0 Å². The SMILES string of the molecule is N#Cc1ccc(-c2ccc(C#Cc3ccccc3)cc2)cc1F. The van der Waals surface area contributed by atoms with Gasteiger partial charge >= 0.3 is 0 Å². The molecule has 0 unspecified atom stereocenters. The lowest BCUT2D eigenvalue weighted by molar-refractivity contribution is 0.624. The molecule has 108 valence electrons. The zero-order valence-corrected chi connectivity index (χ0v) is 12.3. The Morgan fingerprint density at radius 3 is 1.91 bits per heavy atom. The fourth-order valence-electron chi connectivity index (χ4n) is 2.20. The van der Waals surface area contributed by atoms with Gasteiger partial charge < -0.3 is 0 Å². The Bertz CT molecular complexity index is 924. The molecule has 0 N–H and O–H groups in total. The monoisotopic (exact) mass is 297 g/mol. The molecule has 0 aliphatic rings. The van der Waals surface area contributed by atoms with Gasteiger partial charge in [-0.2, -0.15) is 5.26 Å². The molecule has 1 nitrogen and oxygen atoms in total. The first kappa shape index (κ1) is 14.6. The molecule has 3 aromatic carbocycles. The molecule has 23 heavy (non-hydrogen) atoms. The summed E-state index contributed by atoms with van der Waals surface area (Å²) >= 11 is 0. The predicted molar refractivity (Wildman–Crippen MR) is 89.0 cm³/mol. The zero-order valence-electron chi connectivity index (χ0n) is 12.3. The van der Waals surface area contributed by atoms with Crippen molar-refractivity contribution in [1.29, 1.82) is 5.26 Å². The summed E-state index contributed by atoms with van der Waals surface area (Å²) in [6, 6.07) is 23.8. The first-order valence-corrected chi connectivity index (χ1v) is 7.13. The van der Waals surface area contributed by atoms with Crippen LogP contribution < -0.4 is 0 Å². The van der Waals surface area contributed by atoms with Crippen LogP contribution in [0.25, 0.3) is 11.1 Å². The molecule has 0 bridgehead atoms. The Morgan fingerprint density at radius 2 is 1.30 bits per heavy atom. The summed E-state index contributed by atoms with van der Waals surface area (Å²) in [6.45, 7) is 0. The third kappa shape index (κ3) is 3.46. The summed E-state index contributed by atoms with van der Waals surface area (Å²) in [5.41, 5.74) is 3.54. The third-order valence-electron chi connectivity index (χ3n) is 3.43. The van der Waals surface area contributed by atoms with Gasteiger partial charge in [0.2, 0.25) is 0 Å². The van der Waals surface area contributed by atoms with E-state index in [0.29, 0.717) is 0 Å². The predicted octanol–water partition coefficient (Wildman–Crippen LogP) is 4.76. The van der Waals surface area contributed by atoms with Gasteiger partial charge in [0.05, 0.1) is 5.56 Å². The lowest BCUT2D eigenvalue weighted by Crippen LogP contribution is -1.86. The van der Waals surface area contributed by atoms with Crippen molar-refractivity contribution < 1.29 is 4.39 Å². The van der Waals surface area contributed by atoms with Crippen molar-refractivity contribution in [3.05, 3.63) is 95.3 Å². The second-order valence-electron chi connectivity index (χ2n) is 5.00. The molecule has 0 aromatic heterocycles. The Hall–Kier alpha value is -3.36. The Kier molecular flexibility index (Phi) is 4.18. The second-order valence-corrected chi connectivity index (χ2v) is 5.00. The molecule has 0 fully saturated rings. The van der Waals surface area contributed by atoms with Gasteiger partial charge in [-0.3, -0.25) is 0 Å². The summed E-state index contributed by atoms with van der Waals surface area (Å²) in [7, 11) is 0. The summed E-state index contributed by atoms with van der Waals surface area (Å²) < 4.78 is 13.7. The molecule has 0 spiro atoms. The number of hydrogen-bond donors (Lipinski definition) is 0. The van der Waals surface area contributed by atoms with Crippen LogP contribution in [0.1, 0.15) is 16.7 Å². The van der Waals surface area contributed by atoms with Crippen molar-refractivity contribution in [3.8, 4) is 29.0 Å². The number of benzene rings is 3. The molecule has 0 atom stereocenters. The lowest BCUT2D eigenvalue weighted by Gasteiger charge is -2.03. The van der Waals surface area contributed by atoms with Gasteiger partial charge in [-0.15, -0.1) is 0 Å². The third-order valence-corrected chi connectivity index (χ3v) is 3.43. The standard InChI is InChI=1S/C21H12FN/c22-21-14-19(12-13-20(21)15-23)18-10-8-17(9-11-18)7-6-16-4-2-1-3-5-16/h1-5,8-14H. The van der Waals surface area contributed by atoms with Gasteiger partial charge in [0.25, 0.3) is 0 Å². The minimum Gasteiger partial charge on any atom is -0.206 e. The highest BCUT2D eigenvalue weighted by Gasteiger charge is 2.04. The van der Waals surface area contributed by atoms with E-state index in [-0.39, 0.29) is 5.56 Å². The van der Waals surface area contributed by atoms with Crippen LogP contribution in [-0.4, -0.2) is 0 Å². The highest BCUT2D eigenvalue weighted by Crippen LogP contribution is 2.22. The minimum atomic E-state index is -0.502. The highest BCUT2D eigenvalue weighted by molar-refractivity contribution is 5.65. The molecule has 0 aliphatic carbocycles. The fraction of sp³-hybridized carbons (Fsp3) is 0. The van der Waals surface area contributed by atoms with Gasteiger partial charge in [-0.1, -0.05) is 48.2 Å². The van der Waals surface area contributed by atoms with E-state index in [1.54, 1.807) is 6.07 Å². The quantitative estimate of drug-likeness (QED) is 0.594. The van der Waals surface area contributed by atoms with Crippen LogP contribution in [0, 0.1) is 29.0 Å². The Balaban J connectivity index is 1.84. The van der Waals surface area contributed by atoms with E-state index in [1.807, 2.05) is 60.7 Å². The zero-order chi connectivity index (χ0) is 16.1. The number of nitriles is 1. The van der Waals surface area contributed by atoms with E-state index in [4.69, 9.17) is 5.26 Å². The lowest BCUT2D eigenvalue weighted by atomic mass is 10.0. The summed E-state index contributed by atoms with van der Waals surface area (Å²) in [6.07, 6.45) is 0. The van der Waals surface area contributed by atoms with Crippen molar-refractivity contribution >= 4 is 0 Å². The smallest absolute Gasteiger partial charge is 0.141 e. The van der Waals surface area contributed by atoms with Crippen molar-refractivity contribution in [3.63, 3.8) is 0 Å². The molecule has 3 rings (SSSR count). The van der Waals surface area contributed by atoms with Crippen LogP contribution in [0.5, 0.6) is 0 Å². The van der Waals surface area contributed by atoms with Crippen LogP contribution in [-0.2, 0) is 0 Å². The molecule has 0 amide bonds. The van der Waals surface area contributed by atoms with Crippen LogP contribution >= 0.6 is 0 Å². The van der Waals surface area contributed by atoms with E-state index in [9.17, 15) is 4.39 Å². The molecule has 0 radical (unpaired) electrons. The van der Waals surface area contributed by atoms with Crippen molar-refractivity contribution in [1.82, 2.24) is 0 Å². The first-order chi connectivity index (χ1) is 11.3. The minimum absolute atomic E-state index is 0.0547. The maximum absolute atomic E-state index is 13.7. The fourth-order valence-corrected chi connectivity index (χ4v) is 2.20. The Labute approximate surface area is 134 Å². The van der Waals surface area contributed by atoms with E-state index in [1.165, 1.54) is 12.1 Å². The van der Waals surface area contributed by atoms with Crippen LogP contribution in [0.15, 0.2) is 72.8 Å². The molecule has 0 saturated heterocycles. The van der Waals surface area contributed by atoms with E-state index in [2.05, 4.69) is 11.8 Å². The van der Waals surface area contributed by atoms with E-state index < -0.39 is 5.82 Å². The maximum atomic E-state index is 13.7. The topological polar surface area (TPSA) is 23.8 Å². The summed E-state index contributed by atoms with van der Waals surface area (Å²) in [5, 5.41) is 8.76. The number of rotatable bonds is 1. The van der Waals surface area contributed by atoms with Crippen LogP contribution in [0.3, 0.4) is 0 Å². The van der Waals surface area contributed by atoms with Crippen LogP contribution in [0.2, 0.25) is 0 Å². The second kappa shape index (κ2) is 6.60. The van der Waals surface area contributed by atoms with Crippen molar-refractivity contribution in [2.45, 2.75) is 0 Å². The van der Waals surface area contributed by atoms with Crippen molar-refractivity contribution in [2.75, 3.05) is 0 Å². The van der Waals surface area contributed by atoms with Gasteiger partial charge in [-0.25, -0.2) is 4.39 Å². The average Bonchev–Trinajstić information content (AvgIpc) is 2.61. The first-order valence-electron chi connectivity index (χ1n) is 7.13. The maximum Gasteiger partial charge on any atom is 0.141 e. The largest absolute Gasteiger partial charge is 0.206 e. The van der Waals surface area contributed by atoms with Gasteiger partial charge in [0.15, 0.2) is 0 Å². The number of halogens is 1. The van der Waals surface area contributed by atoms with Gasteiger partial charge in [-0.05, 0) is 47.5 Å². The van der Waals surface area contributed by atoms with Crippen molar-refractivity contribution in [2.24, 2.45) is 0 Å². The molecule has 0 aliphatic heterocycles. The summed E-state index contributed by atoms with van der Waals surface area (Å²) in [4.78, 5) is 0. The molecular formula is C21H12FN. The highest BCUT2D eigenvalue weighted by atomic mass is 19.1. The van der Waals surface area contributed by atoms with Gasteiger partial charge in [0, 0.05) is 11.1 Å². The van der Waals surface area contributed by atoms with Gasteiger partial charge in [0.1, 0.15) is 11.9 Å². The molecule has 0 heterocycles. The normalized spacial score (nSPS) is 9.57. The molecule has 0 saturated carbocycles. The average molecular weight is 297 g/mol.